The van der Waals surface area contributed by atoms with Crippen LogP contribution in [-0.4, -0.2) is 18.8 Å². The van der Waals surface area contributed by atoms with Crippen molar-refractivity contribution in [1.29, 1.82) is 0 Å². The van der Waals surface area contributed by atoms with Gasteiger partial charge in [0.1, 0.15) is 0 Å². The molecule has 170 valence electrons. The van der Waals surface area contributed by atoms with E-state index < -0.39 is 0 Å². The molecular weight excluding hydrogens is 420 g/mol. The number of hydrogen-bond donors (Lipinski definition) is 2. The second-order valence-corrected chi connectivity index (χ2v) is 10.0. The molecule has 1 heterocycles. The Morgan fingerprint density at radius 3 is 2.58 bits per heavy atom. The molecule has 0 aromatic heterocycles. The first-order chi connectivity index (χ1) is 15.2. The molecule has 0 radical (unpaired) electrons. The third kappa shape index (κ3) is 6.91. The number of anilines is 1. The van der Waals surface area contributed by atoms with E-state index in [0.29, 0.717) is 0 Å². The monoisotopic (exact) mass is 458 g/mol. The number of hydrogen-bond acceptors (Lipinski definition) is 3. The molecule has 2 aromatic carbocycles. The van der Waals surface area contributed by atoms with Crippen LogP contribution in [0.2, 0.25) is 5.02 Å². The van der Waals surface area contributed by atoms with Gasteiger partial charge in [-0.1, -0.05) is 62.9 Å². The fourth-order valence-electron chi connectivity index (χ4n) is 4.66. The zero-order chi connectivity index (χ0) is 22.1. The fourth-order valence-corrected chi connectivity index (χ4v) is 6.14. The standard InChI is InChI=1S/C25H33ClN2S.C2H6/c1-18-7-9-21-11-13-27-14-12-22(21)25(18)28-16-20-8-10-24(23(26)15-20)29-17-19-5-3-2-4-6-19;1-2/h7-10,15,19,27-28H,2-6,11-14,16-17H2,1H3;1-2H3. The van der Waals surface area contributed by atoms with Crippen LogP contribution in [0.5, 0.6) is 0 Å². The molecule has 2 nitrogen and oxygen atoms in total. The summed E-state index contributed by atoms with van der Waals surface area (Å²) in [4.78, 5) is 1.23. The molecule has 1 aliphatic heterocycles. The first kappa shape index (κ1) is 24.5. The molecule has 2 N–H and O–H groups in total. The second kappa shape index (κ2) is 12.8. The third-order valence-electron chi connectivity index (χ3n) is 6.41. The Balaban J connectivity index is 0.00000132. The topological polar surface area (TPSA) is 24.1 Å². The van der Waals surface area contributed by atoms with Crippen molar-refractivity contribution in [3.8, 4) is 0 Å². The number of benzene rings is 2. The van der Waals surface area contributed by atoms with Gasteiger partial charge in [-0.15, -0.1) is 11.8 Å². The largest absolute Gasteiger partial charge is 0.381 e. The summed E-state index contributed by atoms with van der Waals surface area (Å²) in [6.07, 6.45) is 9.22. The molecule has 31 heavy (non-hydrogen) atoms. The van der Waals surface area contributed by atoms with E-state index in [4.69, 9.17) is 11.6 Å². The summed E-state index contributed by atoms with van der Waals surface area (Å²) >= 11 is 8.58. The maximum atomic E-state index is 6.64. The van der Waals surface area contributed by atoms with Gasteiger partial charge in [-0.05, 0) is 86.0 Å². The van der Waals surface area contributed by atoms with Crippen molar-refractivity contribution in [3.05, 3.63) is 57.6 Å². The number of nitrogens with one attached hydrogen (secondary N) is 2. The highest BCUT2D eigenvalue weighted by Crippen LogP contribution is 2.34. The lowest BCUT2D eigenvalue weighted by atomic mass is 9.91. The number of thioether (sulfide) groups is 1. The Bertz CT molecular complexity index is 830. The van der Waals surface area contributed by atoms with Crippen molar-refractivity contribution in [2.24, 2.45) is 5.92 Å². The molecule has 0 saturated heterocycles. The number of fused-ring (bicyclic) bond motifs is 1. The maximum Gasteiger partial charge on any atom is 0.0545 e. The quantitative estimate of drug-likeness (QED) is 0.434. The predicted molar refractivity (Wildman–Crippen MR) is 139 cm³/mol. The average Bonchev–Trinajstić information content (AvgIpc) is 3.05. The van der Waals surface area contributed by atoms with Crippen LogP contribution in [0.3, 0.4) is 0 Å². The van der Waals surface area contributed by atoms with Crippen molar-refractivity contribution in [3.63, 3.8) is 0 Å². The molecule has 1 saturated carbocycles. The minimum atomic E-state index is 0.817. The molecule has 0 spiro atoms. The van der Waals surface area contributed by atoms with Crippen LogP contribution in [0.1, 0.15) is 68.2 Å². The molecule has 1 aliphatic carbocycles. The van der Waals surface area contributed by atoms with Gasteiger partial charge in [0.05, 0.1) is 5.02 Å². The van der Waals surface area contributed by atoms with Gasteiger partial charge >= 0.3 is 0 Å². The summed E-state index contributed by atoms with van der Waals surface area (Å²) < 4.78 is 0. The van der Waals surface area contributed by atoms with Crippen LogP contribution in [0.25, 0.3) is 0 Å². The normalized spacial score (nSPS) is 16.6. The zero-order valence-corrected chi connectivity index (χ0v) is 21.1. The van der Waals surface area contributed by atoms with Crippen molar-refractivity contribution in [2.45, 2.75) is 77.2 Å². The smallest absolute Gasteiger partial charge is 0.0545 e. The maximum absolute atomic E-state index is 6.64. The minimum Gasteiger partial charge on any atom is -0.381 e. The van der Waals surface area contributed by atoms with Crippen molar-refractivity contribution in [1.82, 2.24) is 5.32 Å². The highest BCUT2D eigenvalue weighted by atomic mass is 35.5. The van der Waals surface area contributed by atoms with Crippen LogP contribution < -0.4 is 10.6 Å². The van der Waals surface area contributed by atoms with Gasteiger partial charge < -0.3 is 10.6 Å². The van der Waals surface area contributed by atoms with E-state index >= 15 is 0 Å². The van der Waals surface area contributed by atoms with E-state index in [1.54, 1.807) is 0 Å². The third-order valence-corrected chi connectivity index (χ3v) is 8.14. The molecule has 1 fully saturated rings. The van der Waals surface area contributed by atoms with Crippen LogP contribution >= 0.6 is 23.4 Å². The summed E-state index contributed by atoms with van der Waals surface area (Å²) in [6.45, 7) is 9.16. The number of halogens is 1. The Kier molecular flexibility index (Phi) is 10.1. The predicted octanol–water partition coefficient (Wildman–Crippen LogP) is 7.65. The van der Waals surface area contributed by atoms with Crippen molar-refractivity contribution in [2.75, 3.05) is 24.2 Å². The van der Waals surface area contributed by atoms with Crippen LogP contribution in [-0.2, 0) is 19.4 Å². The highest BCUT2D eigenvalue weighted by Gasteiger charge is 2.16. The molecule has 4 heteroatoms. The van der Waals surface area contributed by atoms with Crippen molar-refractivity contribution < 1.29 is 0 Å². The molecule has 4 rings (SSSR count). The summed E-state index contributed by atoms with van der Waals surface area (Å²) in [5.74, 6) is 2.08. The lowest BCUT2D eigenvalue weighted by Gasteiger charge is -2.21. The van der Waals surface area contributed by atoms with Gasteiger partial charge in [0.2, 0.25) is 0 Å². The molecule has 2 aliphatic rings. The van der Waals surface area contributed by atoms with E-state index in [1.165, 1.54) is 70.7 Å². The molecule has 0 unspecified atom stereocenters. The van der Waals surface area contributed by atoms with Crippen LogP contribution in [0.4, 0.5) is 5.69 Å². The summed E-state index contributed by atoms with van der Waals surface area (Å²) in [7, 11) is 0. The average molecular weight is 459 g/mol. The highest BCUT2D eigenvalue weighted by molar-refractivity contribution is 7.99. The Morgan fingerprint density at radius 1 is 1.03 bits per heavy atom. The molecule has 0 bridgehead atoms. The lowest BCUT2D eigenvalue weighted by Crippen LogP contribution is -2.16. The van der Waals surface area contributed by atoms with Crippen molar-refractivity contribution >= 4 is 29.1 Å². The van der Waals surface area contributed by atoms with Crippen LogP contribution in [0, 0.1) is 12.8 Å². The lowest BCUT2D eigenvalue weighted by molar-refractivity contribution is 0.391. The summed E-state index contributed by atoms with van der Waals surface area (Å²) in [5.41, 5.74) is 6.87. The van der Waals surface area contributed by atoms with Gasteiger partial charge in [-0.3, -0.25) is 0 Å². The Labute approximate surface area is 198 Å². The Hall–Kier alpha value is -1.16. The van der Waals surface area contributed by atoms with Gasteiger partial charge in [0, 0.05) is 22.9 Å². The first-order valence-corrected chi connectivity index (χ1v) is 13.5. The van der Waals surface area contributed by atoms with Gasteiger partial charge in [-0.2, -0.15) is 0 Å². The number of rotatable bonds is 6. The SMILES string of the molecule is CC.Cc1ccc2c(c1NCc1ccc(SCC3CCCCC3)c(Cl)c1)CCNCC2. The molecular formula is C27H39ClN2S. The van der Waals surface area contributed by atoms with E-state index in [9.17, 15) is 0 Å². The molecule has 0 amide bonds. The summed E-state index contributed by atoms with van der Waals surface area (Å²) in [5, 5.41) is 8.14. The Morgan fingerprint density at radius 2 is 1.81 bits per heavy atom. The molecule has 0 atom stereocenters. The van der Waals surface area contributed by atoms with E-state index in [0.717, 1.165) is 43.4 Å². The van der Waals surface area contributed by atoms with Gasteiger partial charge in [0.25, 0.3) is 0 Å². The van der Waals surface area contributed by atoms with E-state index in [2.05, 4.69) is 47.9 Å². The zero-order valence-electron chi connectivity index (χ0n) is 19.5. The number of aryl methyl sites for hydroxylation is 1. The van der Waals surface area contributed by atoms with Gasteiger partial charge in [0.15, 0.2) is 0 Å². The van der Waals surface area contributed by atoms with Crippen LogP contribution in [0.15, 0.2) is 35.2 Å². The summed E-state index contributed by atoms with van der Waals surface area (Å²) in [6, 6.07) is 11.2. The molecule has 2 aromatic rings. The first-order valence-electron chi connectivity index (χ1n) is 12.2. The minimum absolute atomic E-state index is 0.817. The second-order valence-electron chi connectivity index (χ2n) is 8.58. The van der Waals surface area contributed by atoms with E-state index in [-0.39, 0.29) is 0 Å². The van der Waals surface area contributed by atoms with Gasteiger partial charge in [-0.25, -0.2) is 0 Å². The fraction of sp³-hybridized carbons (Fsp3) is 0.556. The van der Waals surface area contributed by atoms with E-state index in [1.807, 2.05) is 25.6 Å².